The second-order valence-corrected chi connectivity index (χ2v) is 5.59. The summed E-state index contributed by atoms with van der Waals surface area (Å²) in [5.74, 6) is -0.986. The van der Waals surface area contributed by atoms with E-state index in [1.165, 1.54) is 0 Å². The largest absolute Gasteiger partial charge is 0.480 e. The van der Waals surface area contributed by atoms with Crippen LogP contribution >= 0.6 is 27.7 Å². The molecule has 92 valence electrons. The fraction of sp³-hybridized carbons (Fsp3) is 0.273. The van der Waals surface area contributed by atoms with Gasteiger partial charge in [0.1, 0.15) is 0 Å². The lowest BCUT2D eigenvalue weighted by Crippen LogP contribution is -2.19. The summed E-state index contributed by atoms with van der Waals surface area (Å²) in [6.07, 6.45) is 0. The number of carbonyl (C=O) groups excluding carboxylic acids is 1. The molecule has 1 aromatic rings. The molecule has 1 unspecified atom stereocenters. The summed E-state index contributed by atoms with van der Waals surface area (Å²) in [6.45, 7) is 1.56. The number of nitrogens with one attached hydrogen (secondary N) is 1. The molecule has 0 saturated heterocycles. The normalized spacial score (nSPS) is 11.9. The fourth-order valence-electron chi connectivity index (χ4n) is 1.00. The fourth-order valence-corrected chi connectivity index (χ4v) is 1.88. The average molecular weight is 318 g/mol. The number of hydrogen-bond donors (Lipinski definition) is 2. The number of benzene rings is 1. The summed E-state index contributed by atoms with van der Waals surface area (Å²) in [7, 11) is 0. The number of carboxylic acids is 1. The Bertz CT molecular complexity index is 408. The van der Waals surface area contributed by atoms with E-state index in [1.807, 2.05) is 12.1 Å². The molecular weight excluding hydrogens is 306 g/mol. The molecule has 6 heteroatoms. The number of anilines is 1. The Balaban J connectivity index is 2.39. The van der Waals surface area contributed by atoms with Crippen LogP contribution in [0.25, 0.3) is 0 Å². The van der Waals surface area contributed by atoms with Gasteiger partial charge in [-0.15, -0.1) is 11.8 Å². The van der Waals surface area contributed by atoms with E-state index in [0.29, 0.717) is 5.69 Å². The third-order valence-electron chi connectivity index (χ3n) is 1.94. The average Bonchev–Trinajstić information content (AvgIpc) is 2.29. The highest BCUT2D eigenvalue weighted by Gasteiger charge is 2.13. The third-order valence-corrected chi connectivity index (χ3v) is 3.60. The Kier molecular flexibility index (Phi) is 5.50. The van der Waals surface area contributed by atoms with Crippen molar-refractivity contribution in [3.8, 4) is 0 Å². The molecule has 0 radical (unpaired) electrons. The number of hydrogen-bond acceptors (Lipinski definition) is 3. The number of halogens is 1. The van der Waals surface area contributed by atoms with Crippen molar-refractivity contribution in [1.29, 1.82) is 0 Å². The van der Waals surface area contributed by atoms with Gasteiger partial charge in [0, 0.05) is 10.2 Å². The first kappa shape index (κ1) is 14.1. The molecule has 1 atom stereocenters. The SMILES string of the molecule is CC(SCC(=O)Nc1ccc(Br)cc1)C(=O)O. The monoisotopic (exact) mass is 317 g/mol. The zero-order valence-electron chi connectivity index (χ0n) is 9.14. The van der Waals surface area contributed by atoms with Crippen molar-refractivity contribution in [1.82, 2.24) is 0 Å². The molecule has 0 heterocycles. The smallest absolute Gasteiger partial charge is 0.316 e. The topological polar surface area (TPSA) is 66.4 Å². The zero-order valence-corrected chi connectivity index (χ0v) is 11.5. The van der Waals surface area contributed by atoms with Crippen LogP contribution in [0.3, 0.4) is 0 Å². The van der Waals surface area contributed by atoms with Gasteiger partial charge in [0.25, 0.3) is 0 Å². The van der Waals surface area contributed by atoms with Gasteiger partial charge >= 0.3 is 5.97 Å². The van der Waals surface area contributed by atoms with Crippen molar-refractivity contribution in [2.45, 2.75) is 12.2 Å². The summed E-state index contributed by atoms with van der Waals surface area (Å²) in [6, 6.07) is 7.19. The number of amides is 1. The van der Waals surface area contributed by atoms with Gasteiger partial charge < -0.3 is 10.4 Å². The van der Waals surface area contributed by atoms with Gasteiger partial charge in [-0.3, -0.25) is 9.59 Å². The number of carboxylic acid groups (broad SMARTS) is 1. The summed E-state index contributed by atoms with van der Waals surface area (Å²) in [5, 5.41) is 10.8. The van der Waals surface area contributed by atoms with Crippen LogP contribution in [0.1, 0.15) is 6.92 Å². The van der Waals surface area contributed by atoms with Crippen molar-refractivity contribution in [3.05, 3.63) is 28.7 Å². The highest BCUT2D eigenvalue weighted by atomic mass is 79.9. The van der Waals surface area contributed by atoms with Gasteiger partial charge in [0.05, 0.1) is 11.0 Å². The first-order valence-corrected chi connectivity index (χ1v) is 6.73. The molecule has 0 fully saturated rings. The predicted molar refractivity (Wildman–Crippen MR) is 72.3 cm³/mol. The quantitative estimate of drug-likeness (QED) is 0.876. The molecule has 0 spiro atoms. The minimum atomic E-state index is -0.911. The molecular formula is C11H12BrNO3S. The van der Waals surface area contributed by atoms with E-state index in [0.717, 1.165) is 16.2 Å². The van der Waals surface area contributed by atoms with E-state index in [-0.39, 0.29) is 11.7 Å². The van der Waals surface area contributed by atoms with E-state index in [9.17, 15) is 9.59 Å². The van der Waals surface area contributed by atoms with Gasteiger partial charge in [-0.25, -0.2) is 0 Å². The summed E-state index contributed by atoms with van der Waals surface area (Å²) < 4.78 is 0.935. The molecule has 0 aromatic heterocycles. The highest BCUT2D eigenvalue weighted by molar-refractivity contribution is 9.10. The van der Waals surface area contributed by atoms with Crippen molar-refractivity contribution in [2.75, 3.05) is 11.1 Å². The van der Waals surface area contributed by atoms with Crippen LogP contribution < -0.4 is 5.32 Å². The molecule has 0 saturated carbocycles. The van der Waals surface area contributed by atoms with Gasteiger partial charge in [-0.1, -0.05) is 15.9 Å². The Labute approximate surface area is 112 Å². The van der Waals surface area contributed by atoms with E-state index >= 15 is 0 Å². The first-order chi connectivity index (χ1) is 7.99. The molecule has 2 N–H and O–H groups in total. The van der Waals surface area contributed by atoms with E-state index in [2.05, 4.69) is 21.2 Å². The van der Waals surface area contributed by atoms with Crippen molar-refractivity contribution in [2.24, 2.45) is 0 Å². The highest BCUT2D eigenvalue weighted by Crippen LogP contribution is 2.15. The van der Waals surface area contributed by atoms with Gasteiger partial charge in [-0.05, 0) is 31.2 Å². The van der Waals surface area contributed by atoms with Crippen LogP contribution in [0.5, 0.6) is 0 Å². The third kappa shape index (κ3) is 5.23. The summed E-state index contributed by atoms with van der Waals surface area (Å²) >= 11 is 4.39. The second kappa shape index (κ2) is 6.66. The molecule has 0 aliphatic rings. The maximum atomic E-state index is 11.5. The zero-order chi connectivity index (χ0) is 12.8. The maximum Gasteiger partial charge on any atom is 0.316 e. The number of thioether (sulfide) groups is 1. The van der Waals surface area contributed by atoms with Crippen molar-refractivity contribution < 1.29 is 14.7 Å². The minimum absolute atomic E-state index is 0.129. The van der Waals surface area contributed by atoms with Crippen molar-refractivity contribution >= 4 is 45.3 Å². The number of aliphatic carboxylic acids is 1. The number of rotatable bonds is 5. The van der Waals surface area contributed by atoms with Crippen LogP contribution in [0.4, 0.5) is 5.69 Å². The van der Waals surface area contributed by atoms with Gasteiger partial charge in [0.2, 0.25) is 5.91 Å². The molecule has 0 aliphatic carbocycles. The van der Waals surface area contributed by atoms with E-state index in [1.54, 1.807) is 19.1 Å². The van der Waals surface area contributed by atoms with E-state index < -0.39 is 11.2 Å². The van der Waals surface area contributed by atoms with Crippen molar-refractivity contribution in [3.63, 3.8) is 0 Å². The van der Waals surface area contributed by atoms with Gasteiger partial charge in [0.15, 0.2) is 0 Å². The van der Waals surface area contributed by atoms with Crippen LogP contribution in [0.2, 0.25) is 0 Å². The van der Waals surface area contributed by atoms with Crippen LogP contribution in [-0.4, -0.2) is 28.0 Å². The Morgan fingerprint density at radius 1 is 1.41 bits per heavy atom. The summed E-state index contributed by atoms with van der Waals surface area (Å²) in [4.78, 5) is 22.0. The first-order valence-electron chi connectivity index (χ1n) is 4.89. The Morgan fingerprint density at radius 3 is 2.53 bits per heavy atom. The second-order valence-electron chi connectivity index (χ2n) is 3.35. The molecule has 0 aliphatic heterocycles. The number of carbonyl (C=O) groups is 2. The summed E-state index contributed by atoms with van der Waals surface area (Å²) in [5.41, 5.74) is 0.696. The van der Waals surface area contributed by atoms with Gasteiger partial charge in [-0.2, -0.15) is 0 Å². The lowest BCUT2D eigenvalue weighted by atomic mass is 10.3. The van der Waals surface area contributed by atoms with E-state index in [4.69, 9.17) is 5.11 Å². The molecule has 17 heavy (non-hydrogen) atoms. The minimum Gasteiger partial charge on any atom is -0.480 e. The maximum absolute atomic E-state index is 11.5. The molecule has 0 bridgehead atoms. The predicted octanol–water partition coefficient (Wildman–Crippen LogP) is 2.59. The van der Waals surface area contributed by atoms with Crippen LogP contribution in [0, 0.1) is 0 Å². The Hall–Kier alpha value is -1.01. The van der Waals surface area contributed by atoms with Crippen LogP contribution in [0.15, 0.2) is 28.7 Å². The Morgan fingerprint density at radius 2 is 2.00 bits per heavy atom. The molecule has 1 amide bonds. The molecule has 1 aromatic carbocycles. The molecule has 1 rings (SSSR count). The standard InChI is InChI=1S/C11H12BrNO3S/c1-7(11(15)16)17-6-10(14)13-9-4-2-8(12)3-5-9/h2-5,7H,6H2,1H3,(H,13,14)(H,15,16). The lowest BCUT2D eigenvalue weighted by Gasteiger charge is -2.07. The molecule has 4 nitrogen and oxygen atoms in total. The lowest BCUT2D eigenvalue weighted by molar-refractivity contribution is -0.136. The van der Waals surface area contributed by atoms with Crippen LogP contribution in [-0.2, 0) is 9.59 Å².